The second-order valence-corrected chi connectivity index (χ2v) is 2.61. The summed E-state index contributed by atoms with van der Waals surface area (Å²) in [7, 11) is -2.16. The molecule has 53 valence electrons. The molecule has 0 atom stereocenters. The topological polar surface area (TPSA) is 80.4 Å². The van der Waals surface area contributed by atoms with Crippen LogP contribution in [-0.2, 0) is 10.1 Å². The third-order valence-corrected chi connectivity index (χ3v) is 1.09. The summed E-state index contributed by atoms with van der Waals surface area (Å²) in [5.74, 6) is -0.201. The third kappa shape index (κ3) is 28.0. The standard InChI is InChI=1S/C2H6O3S.CH5N.Na/c1-2-6(3,4)5;1-2;/h2H2,1H3,(H,3,4,5);2H2,1H3;. The number of nitrogens with two attached hydrogens (primary N) is 1. The second kappa shape index (κ2) is 8.87. The summed E-state index contributed by atoms with van der Waals surface area (Å²) in [6.45, 7) is 1.37. The van der Waals surface area contributed by atoms with Gasteiger partial charge >= 0.3 is 0 Å². The van der Waals surface area contributed by atoms with Crippen LogP contribution in [0.3, 0.4) is 0 Å². The molecule has 0 bridgehead atoms. The molecule has 3 N–H and O–H groups in total. The van der Waals surface area contributed by atoms with Gasteiger partial charge in [-0.3, -0.25) is 4.55 Å². The van der Waals surface area contributed by atoms with Crippen molar-refractivity contribution in [1.29, 1.82) is 0 Å². The Bertz CT molecular complexity index is 121. The predicted octanol–water partition coefficient (Wildman–Crippen LogP) is -0.912. The van der Waals surface area contributed by atoms with Gasteiger partial charge in [-0.25, -0.2) is 0 Å². The van der Waals surface area contributed by atoms with E-state index in [1.165, 1.54) is 14.0 Å². The van der Waals surface area contributed by atoms with E-state index in [1.54, 1.807) is 0 Å². The average Bonchev–Trinajstić information content (AvgIpc) is 1.71. The maximum atomic E-state index is 9.56. The molecule has 0 saturated heterocycles. The van der Waals surface area contributed by atoms with Crippen molar-refractivity contribution >= 4 is 39.7 Å². The van der Waals surface area contributed by atoms with Crippen molar-refractivity contribution in [3.63, 3.8) is 0 Å². The Morgan fingerprint density at radius 3 is 1.56 bits per heavy atom. The zero-order valence-corrected chi connectivity index (χ0v) is 8.77. The van der Waals surface area contributed by atoms with Crippen LogP contribution in [0.4, 0.5) is 0 Å². The van der Waals surface area contributed by atoms with Crippen LogP contribution in [0, 0.1) is 0 Å². The van der Waals surface area contributed by atoms with Gasteiger partial charge in [-0.2, -0.15) is 8.42 Å². The van der Waals surface area contributed by atoms with Gasteiger partial charge in [0.2, 0.25) is 0 Å². The second-order valence-electron chi connectivity index (χ2n) is 0.871. The molecule has 0 fully saturated rings. The first-order chi connectivity index (χ1) is 3.56. The number of rotatable bonds is 1. The van der Waals surface area contributed by atoms with Crippen LogP contribution in [0.15, 0.2) is 0 Å². The molecule has 4 nitrogen and oxygen atoms in total. The summed E-state index contributed by atoms with van der Waals surface area (Å²) in [5, 5.41) is 0. The van der Waals surface area contributed by atoms with Gasteiger partial charge < -0.3 is 5.73 Å². The van der Waals surface area contributed by atoms with Crippen LogP contribution >= 0.6 is 0 Å². The van der Waals surface area contributed by atoms with E-state index in [-0.39, 0.29) is 35.3 Å². The van der Waals surface area contributed by atoms with Crippen molar-refractivity contribution in [2.24, 2.45) is 5.73 Å². The van der Waals surface area contributed by atoms with Crippen molar-refractivity contribution < 1.29 is 13.0 Å². The summed E-state index contributed by atoms with van der Waals surface area (Å²) in [5.41, 5.74) is 4.50. The smallest absolute Gasteiger partial charge is 0.264 e. The molecular weight excluding hydrogens is 153 g/mol. The molecule has 9 heavy (non-hydrogen) atoms. The Morgan fingerprint density at radius 2 is 1.56 bits per heavy atom. The van der Waals surface area contributed by atoms with Gasteiger partial charge in [0, 0.05) is 29.6 Å². The Labute approximate surface area is 77.9 Å². The summed E-state index contributed by atoms with van der Waals surface area (Å²) in [6, 6.07) is 0. The van der Waals surface area contributed by atoms with Crippen LogP contribution in [0.2, 0.25) is 0 Å². The normalized spacial score (nSPS) is 8.44. The third-order valence-electron chi connectivity index (χ3n) is 0.365. The van der Waals surface area contributed by atoms with Gasteiger partial charge in [0.1, 0.15) is 0 Å². The molecule has 0 spiro atoms. The maximum Gasteiger partial charge on any atom is 0.264 e. The molecule has 0 unspecified atom stereocenters. The Balaban J connectivity index is -0.000000109. The van der Waals surface area contributed by atoms with Gasteiger partial charge in [-0.15, -0.1) is 0 Å². The molecule has 0 aliphatic heterocycles. The molecule has 0 aromatic rings. The Kier molecular flexibility index (Phi) is 16.2. The number of hydrogen-bond donors (Lipinski definition) is 2. The molecule has 0 rings (SSSR count). The van der Waals surface area contributed by atoms with E-state index in [9.17, 15) is 8.42 Å². The SMILES string of the molecule is CCS(=O)(=O)O.CN.[Na]. The largest absolute Gasteiger partial charge is 0.333 e. The minimum absolute atomic E-state index is 0. The van der Waals surface area contributed by atoms with Gasteiger partial charge in [0.05, 0.1) is 5.75 Å². The Hall–Kier alpha value is 0.870. The average molecular weight is 164 g/mol. The van der Waals surface area contributed by atoms with Crippen molar-refractivity contribution in [1.82, 2.24) is 0 Å². The van der Waals surface area contributed by atoms with Crippen LogP contribution in [0.25, 0.3) is 0 Å². The van der Waals surface area contributed by atoms with E-state index in [0.29, 0.717) is 0 Å². The summed E-state index contributed by atoms with van der Waals surface area (Å²) in [4.78, 5) is 0. The van der Waals surface area contributed by atoms with Crippen molar-refractivity contribution in [3.8, 4) is 0 Å². The van der Waals surface area contributed by atoms with Crippen molar-refractivity contribution in [2.45, 2.75) is 6.92 Å². The fourth-order valence-corrected chi connectivity index (χ4v) is 0. The molecule has 0 aromatic carbocycles. The van der Waals surface area contributed by atoms with Crippen LogP contribution in [0.5, 0.6) is 0 Å². The van der Waals surface area contributed by atoms with Crippen LogP contribution in [-0.4, -0.2) is 55.3 Å². The van der Waals surface area contributed by atoms with Crippen LogP contribution < -0.4 is 5.73 Å². The monoisotopic (exact) mass is 164 g/mol. The molecule has 1 radical (unpaired) electrons. The molecule has 0 saturated carbocycles. The van der Waals surface area contributed by atoms with E-state index in [1.807, 2.05) is 0 Å². The molecule has 0 aromatic heterocycles. The Morgan fingerprint density at radius 1 is 1.44 bits per heavy atom. The summed E-state index contributed by atoms with van der Waals surface area (Å²) < 4.78 is 26.9. The van der Waals surface area contributed by atoms with E-state index in [2.05, 4.69) is 5.73 Å². The van der Waals surface area contributed by atoms with Gasteiger partial charge in [-0.05, 0) is 14.0 Å². The maximum absolute atomic E-state index is 9.56. The fraction of sp³-hybridized carbons (Fsp3) is 1.00. The van der Waals surface area contributed by atoms with Gasteiger partial charge in [0.25, 0.3) is 10.1 Å². The molecule has 0 heterocycles. The molecular formula is C3H11NNaO3S. The minimum Gasteiger partial charge on any atom is -0.333 e. The quantitative estimate of drug-likeness (QED) is 0.388. The number of hydrogen-bond acceptors (Lipinski definition) is 3. The summed E-state index contributed by atoms with van der Waals surface area (Å²) >= 11 is 0. The molecule has 6 heteroatoms. The van der Waals surface area contributed by atoms with Gasteiger partial charge in [0.15, 0.2) is 0 Å². The van der Waals surface area contributed by atoms with Gasteiger partial charge in [-0.1, -0.05) is 0 Å². The molecule has 0 amide bonds. The van der Waals surface area contributed by atoms with E-state index < -0.39 is 10.1 Å². The predicted molar refractivity (Wildman–Crippen MR) is 38.0 cm³/mol. The van der Waals surface area contributed by atoms with E-state index in [0.717, 1.165) is 0 Å². The summed E-state index contributed by atoms with van der Waals surface area (Å²) in [6.07, 6.45) is 0. The van der Waals surface area contributed by atoms with Crippen LogP contribution in [0.1, 0.15) is 6.92 Å². The van der Waals surface area contributed by atoms with E-state index >= 15 is 0 Å². The molecule has 0 aliphatic rings. The molecule has 0 aliphatic carbocycles. The zero-order chi connectivity index (χ0) is 7.21. The van der Waals surface area contributed by atoms with Crippen molar-refractivity contribution in [2.75, 3.05) is 12.8 Å². The first-order valence-corrected chi connectivity index (χ1v) is 3.70. The first-order valence-electron chi connectivity index (χ1n) is 2.09. The first kappa shape index (κ1) is 16.5. The van der Waals surface area contributed by atoms with E-state index in [4.69, 9.17) is 4.55 Å². The minimum atomic E-state index is -3.66. The fourth-order valence-electron chi connectivity index (χ4n) is 0. The van der Waals surface area contributed by atoms with Crippen molar-refractivity contribution in [3.05, 3.63) is 0 Å². The zero-order valence-electron chi connectivity index (χ0n) is 5.96.